The summed E-state index contributed by atoms with van der Waals surface area (Å²) in [6.07, 6.45) is 4.79. The molecule has 5 nitrogen and oxygen atoms in total. The summed E-state index contributed by atoms with van der Waals surface area (Å²) in [7, 11) is 0. The molecule has 0 heterocycles. The van der Waals surface area contributed by atoms with E-state index in [4.69, 9.17) is 4.74 Å². The molecule has 142 valence electrons. The molecule has 2 aromatic carbocycles. The molecule has 0 bridgehead atoms. The first-order valence-corrected chi connectivity index (χ1v) is 9.43. The number of ether oxygens (including phenoxy) is 1. The lowest BCUT2D eigenvalue weighted by Gasteiger charge is -2.20. The first-order valence-electron chi connectivity index (χ1n) is 9.43. The van der Waals surface area contributed by atoms with Gasteiger partial charge in [0, 0.05) is 12.6 Å². The lowest BCUT2D eigenvalue weighted by atomic mass is 9.89. The van der Waals surface area contributed by atoms with Crippen LogP contribution >= 0.6 is 0 Å². The third-order valence-electron chi connectivity index (χ3n) is 4.79. The first-order chi connectivity index (χ1) is 13.0. The summed E-state index contributed by atoms with van der Waals surface area (Å²) >= 11 is 0. The summed E-state index contributed by atoms with van der Waals surface area (Å²) in [4.78, 5) is 23.2. The normalized spacial score (nSPS) is 14.0. The highest BCUT2D eigenvalue weighted by atomic mass is 16.5. The Kier molecular flexibility index (Phi) is 6.12. The number of hydrogen-bond acceptors (Lipinski definition) is 3. The summed E-state index contributed by atoms with van der Waals surface area (Å²) in [6.45, 7) is 3.40. The Morgan fingerprint density at radius 2 is 1.74 bits per heavy atom. The molecule has 0 spiro atoms. The Morgan fingerprint density at radius 3 is 2.44 bits per heavy atom. The smallest absolute Gasteiger partial charge is 0.258 e. The zero-order valence-electron chi connectivity index (χ0n) is 15.9. The fourth-order valence-corrected chi connectivity index (χ4v) is 3.38. The van der Waals surface area contributed by atoms with E-state index in [1.54, 1.807) is 24.3 Å². The van der Waals surface area contributed by atoms with Gasteiger partial charge in [-0.25, -0.2) is 0 Å². The fourth-order valence-electron chi connectivity index (χ4n) is 3.38. The fraction of sp³-hybridized carbons (Fsp3) is 0.364. The number of hydrogen-bond donors (Lipinski definition) is 2. The quantitative estimate of drug-likeness (QED) is 0.817. The minimum absolute atomic E-state index is 0.0469. The first kappa shape index (κ1) is 19.0. The van der Waals surface area contributed by atoms with E-state index in [2.05, 4.69) is 28.8 Å². The molecular formula is C22H26N2O3. The van der Waals surface area contributed by atoms with Crippen LogP contribution in [0.15, 0.2) is 42.5 Å². The molecule has 2 aromatic rings. The summed E-state index contributed by atoms with van der Waals surface area (Å²) in [5.41, 5.74) is 4.67. The Hall–Kier alpha value is -2.82. The highest BCUT2D eigenvalue weighted by molar-refractivity contribution is 5.88. The van der Waals surface area contributed by atoms with Crippen LogP contribution in [0.4, 0.5) is 5.69 Å². The molecule has 2 amide bonds. The Balaban J connectivity index is 1.50. The minimum Gasteiger partial charge on any atom is -0.484 e. The molecule has 0 fully saturated rings. The highest BCUT2D eigenvalue weighted by Crippen LogP contribution is 2.24. The van der Waals surface area contributed by atoms with E-state index in [0.717, 1.165) is 18.4 Å². The molecule has 5 heteroatoms. The van der Waals surface area contributed by atoms with Crippen molar-refractivity contribution in [2.75, 3.05) is 11.9 Å². The predicted molar refractivity (Wildman–Crippen MR) is 106 cm³/mol. The van der Waals surface area contributed by atoms with Crippen molar-refractivity contribution >= 4 is 17.5 Å². The summed E-state index contributed by atoms with van der Waals surface area (Å²) in [5.74, 6) is 0.297. The van der Waals surface area contributed by atoms with Crippen molar-refractivity contribution in [3.05, 3.63) is 59.2 Å². The molecule has 1 aliphatic rings. The van der Waals surface area contributed by atoms with Crippen LogP contribution in [0.5, 0.6) is 5.75 Å². The number of nitrogens with one attached hydrogen (secondary N) is 2. The van der Waals surface area contributed by atoms with E-state index < -0.39 is 0 Å². The van der Waals surface area contributed by atoms with Crippen LogP contribution in [0.25, 0.3) is 0 Å². The number of rotatable bonds is 6. The Labute approximate surface area is 160 Å². The molecular weight excluding hydrogens is 340 g/mol. The summed E-state index contributed by atoms with van der Waals surface area (Å²) in [6, 6.07) is 13.4. The van der Waals surface area contributed by atoms with Gasteiger partial charge < -0.3 is 15.4 Å². The van der Waals surface area contributed by atoms with Crippen molar-refractivity contribution in [3.8, 4) is 5.75 Å². The highest BCUT2D eigenvalue weighted by Gasteiger charge is 2.14. The number of aryl methyl sites for hydroxylation is 2. The van der Waals surface area contributed by atoms with Gasteiger partial charge in [0.25, 0.3) is 5.91 Å². The van der Waals surface area contributed by atoms with Gasteiger partial charge in [0.1, 0.15) is 5.75 Å². The zero-order chi connectivity index (χ0) is 19.2. The van der Waals surface area contributed by atoms with Gasteiger partial charge in [-0.05, 0) is 73.6 Å². The van der Waals surface area contributed by atoms with E-state index in [1.165, 1.54) is 30.9 Å². The van der Waals surface area contributed by atoms with Gasteiger partial charge in [0.05, 0.1) is 6.04 Å². The number of benzene rings is 2. The molecule has 1 atom stereocenters. The molecule has 2 N–H and O–H groups in total. The van der Waals surface area contributed by atoms with Gasteiger partial charge in [-0.2, -0.15) is 0 Å². The average Bonchev–Trinajstić information content (AvgIpc) is 2.66. The molecule has 0 saturated carbocycles. The van der Waals surface area contributed by atoms with Gasteiger partial charge in [-0.3, -0.25) is 9.59 Å². The Bertz CT molecular complexity index is 815. The second-order valence-corrected chi connectivity index (χ2v) is 7.02. The van der Waals surface area contributed by atoms with Crippen molar-refractivity contribution in [1.82, 2.24) is 5.32 Å². The third-order valence-corrected chi connectivity index (χ3v) is 4.79. The minimum atomic E-state index is -0.161. The molecule has 1 aliphatic carbocycles. The maximum absolute atomic E-state index is 12.2. The number of amides is 2. The topological polar surface area (TPSA) is 67.4 Å². The molecule has 0 radical (unpaired) electrons. The maximum atomic E-state index is 12.2. The Morgan fingerprint density at radius 1 is 1.04 bits per heavy atom. The van der Waals surface area contributed by atoms with Crippen LogP contribution in [0.3, 0.4) is 0 Å². The molecule has 0 saturated heterocycles. The van der Waals surface area contributed by atoms with E-state index in [9.17, 15) is 9.59 Å². The zero-order valence-corrected chi connectivity index (χ0v) is 15.9. The molecule has 0 aromatic heterocycles. The number of carbonyl (C=O) groups excluding carboxylic acids is 2. The number of fused-ring (bicyclic) bond motifs is 1. The van der Waals surface area contributed by atoms with E-state index in [-0.39, 0.29) is 24.5 Å². The standard InChI is InChI=1S/C22H26N2O3/c1-15(18-8-7-17-5-3-4-6-19(17)13-18)23-22(26)14-27-21-11-9-20(10-12-21)24-16(2)25/h7-13,15H,3-6,14H2,1-2H3,(H,23,26)(H,24,25)/t15-/m0/s1. The maximum Gasteiger partial charge on any atom is 0.258 e. The van der Waals surface area contributed by atoms with Gasteiger partial charge in [-0.15, -0.1) is 0 Å². The average molecular weight is 366 g/mol. The monoisotopic (exact) mass is 366 g/mol. The number of anilines is 1. The van der Waals surface area contributed by atoms with Crippen molar-refractivity contribution in [3.63, 3.8) is 0 Å². The summed E-state index contributed by atoms with van der Waals surface area (Å²) < 4.78 is 5.53. The molecule has 0 unspecified atom stereocenters. The van der Waals surface area contributed by atoms with Crippen LogP contribution in [0.1, 0.15) is 49.4 Å². The van der Waals surface area contributed by atoms with Crippen molar-refractivity contribution < 1.29 is 14.3 Å². The molecule has 3 rings (SSSR count). The molecule has 27 heavy (non-hydrogen) atoms. The third kappa shape index (κ3) is 5.33. The van der Waals surface area contributed by atoms with Crippen LogP contribution in [0, 0.1) is 0 Å². The van der Waals surface area contributed by atoms with E-state index in [0.29, 0.717) is 11.4 Å². The van der Waals surface area contributed by atoms with Gasteiger partial charge in [0.2, 0.25) is 5.91 Å². The second kappa shape index (κ2) is 8.71. The second-order valence-electron chi connectivity index (χ2n) is 7.02. The van der Waals surface area contributed by atoms with E-state index in [1.807, 2.05) is 6.92 Å². The SMILES string of the molecule is CC(=O)Nc1ccc(OCC(=O)N[C@@H](C)c2ccc3c(c2)CCCC3)cc1. The number of carbonyl (C=O) groups is 2. The lowest BCUT2D eigenvalue weighted by molar-refractivity contribution is -0.123. The van der Waals surface area contributed by atoms with Gasteiger partial charge >= 0.3 is 0 Å². The van der Waals surface area contributed by atoms with E-state index >= 15 is 0 Å². The predicted octanol–water partition coefficient (Wildman–Crippen LogP) is 3.78. The van der Waals surface area contributed by atoms with Gasteiger partial charge in [-0.1, -0.05) is 18.2 Å². The summed E-state index contributed by atoms with van der Waals surface area (Å²) in [5, 5.41) is 5.68. The van der Waals surface area contributed by atoms with Crippen LogP contribution < -0.4 is 15.4 Å². The van der Waals surface area contributed by atoms with Crippen molar-refractivity contribution in [2.24, 2.45) is 0 Å². The lowest BCUT2D eigenvalue weighted by Crippen LogP contribution is -2.31. The van der Waals surface area contributed by atoms with Gasteiger partial charge in [0.15, 0.2) is 6.61 Å². The van der Waals surface area contributed by atoms with Crippen molar-refractivity contribution in [2.45, 2.75) is 45.6 Å². The largest absolute Gasteiger partial charge is 0.484 e. The molecule has 0 aliphatic heterocycles. The van der Waals surface area contributed by atoms with Crippen LogP contribution in [-0.4, -0.2) is 18.4 Å². The van der Waals surface area contributed by atoms with Crippen molar-refractivity contribution in [1.29, 1.82) is 0 Å². The van der Waals surface area contributed by atoms with Crippen LogP contribution in [0.2, 0.25) is 0 Å². The van der Waals surface area contributed by atoms with Crippen LogP contribution in [-0.2, 0) is 22.4 Å².